The lowest BCUT2D eigenvalue weighted by molar-refractivity contribution is 0.380. The predicted molar refractivity (Wildman–Crippen MR) is 103 cm³/mol. The highest BCUT2D eigenvalue weighted by Gasteiger charge is 2.22. The molecule has 140 valence electrons. The molecule has 28 heavy (non-hydrogen) atoms. The van der Waals surface area contributed by atoms with Crippen LogP contribution in [0.3, 0.4) is 0 Å². The summed E-state index contributed by atoms with van der Waals surface area (Å²) in [6.45, 7) is 0. The van der Waals surface area contributed by atoms with Crippen LogP contribution >= 0.6 is 0 Å². The maximum atomic E-state index is 10.4. The van der Waals surface area contributed by atoms with E-state index in [4.69, 9.17) is 14.0 Å². The lowest BCUT2D eigenvalue weighted by Crippen LogP contribution is -1.93. The molecule has 0 atom stereocenters. The number of benzene rings is 2. The Morgan fingerprint density at radius 2 is 1.79 bits per heavy atom. The van der Waals surface area contributed by atoms with Crippen LogP contribution in [0.15, 0.2) is 65.3 Å². The molecular formula is C21H17N3O4. The van der Waals surface area contributed by atoms with Crippen molar-refractivity contribution >= 4 is 0 Å². The SMILES string of the molecule is COc1cc(O)c(-c2nc(-c3ncccc3-c3ccccc3)no2)c(OC)c1. The van der Waals surface area contributed by atoms with Gasteiger partial charge in [-0.3, -0.25) is 4.98 Å². The van der Waals surface area contributed by atoms with Crippen LogP contribution < -0.4 is 9.47 Å². The Morgan fingerprint density at radius 1 is 0.964 bits per heavy atom. The number of aromatic hydroxyl groups is 1. The molecule has 2 aromatic carbocycles. The first-order chi connectivity index (χ1) is 13.7. The van der Waals surface area contributed by atoms with Gasteiger partial charge in [0.25, 0.3) is 5.89 Å². The molecule has 0 saturated heterocycles. The summed E-state index contributed by atoms with van der Waals surface area (Å²) in [6, 6.07) is 16.7. The summed E-state index contributed by atoms with van der Waals surface area (Å²) in [5.74, 6) is 1.16. The minimum Gasteiger partial charge on any atom is -0.507 e. The van der Waals surface area contributed by atoms with Crippen molar-refractivity contribution in [3.05, 3.63) is 60.8 Å². The van der Waals surface area contributed by atoms with Crippen molar-refractivity contribution in [2.75, 3.05) is 14.2 Å². The largest absolute Gasteiger partial charge is 0.507 e. The van der Waals surface area contributed by atoms with E-state index in [1.165, 1.54) is 20.3 Å². The number of phenols is 1. The van der Waals surface area contributed by atoms with Gasteiger partial charge in [0.2, 0.25) is 5.82 Å². The zero-order chi connectivity index (χ0) is 19.5. The van der Waals surface area contributed by atoms with Crippen LogP contribution in [0, 0.1) is 0 Å². The molecule has 2 aromatic heterocycles. The van der Waals surface area contributed by atoms with Crippen LogP contribution in [0.5, 0.6) is 17.2 Å². The number of hydrogen-bond acceptors (Lipinski definition) is 7. The second-order valence-electron chi connectivity index (χ2n) is 5.91. The van der Waals surface area contributed by atoms with Crippen LogP contribution in [0.2, 0.25) is 0 Å². The highest BCUT2D eigenvalue weighted by Crippen LogP contribution is 2.41. The molecule has 0 unspecified atom stereocenters. The topological polar surface area (TPSA) is 90.5 Å². The average Bonchev–Trinajstić information content (AvgIpc) is 3.23. The van der Waals surface area contributed by atoms with E-state index in [-0.39, 0.29) is 11.6 Å². The number of nitrogens with zero attached hydrogens (tertiary/aromatic N) is 3. The van der Waals surface area contributed by atoms with Gasteiger partial charge in [0.15, 0.2) is 0 Å². The molecule has 0 aliphatic carbocycles. The van der Waals surface area contributed by atoms with E-state index < -0.39 is 0 Å². The number of aromatic nitrogens is 3. The van der Waals surface area contributed by atoms with Gasteiger partial charge in [0.05, 0.1) is 14.2 Å². The number of hydrogen-bond donors (Lipinski definition) is 1. The summed E-state index contributed by atoms with van der Waals surface area (Å²) in [5, 5.41) is 14.5. The summed E-state index contributed by atoms with van der Waals surface area (Å²) < 4.78 is 15.9. The van der Waals surface area contributed by atoms with Gasteiger partial charge in [-0.15, -0.1) is 0 Å². The van der Waals surface area contributed by atoms with Gasteiger partial charge in [0.1, 0.15) is 28.5 Å². The molecule has 0 spiro atoms. The maximum Gasteiger partial charge on any atom is 0.265 e. The van der Waals surface area contributed by atoms with Crippen molar-refractivity contribution in [3.8, 4) is 51.3 Å². The molecule has 4 rings (SSSR count). The molecule has 0 saturated carbocycles. The molecular weight excluding hydrogens is 358 g/mol. The van der Waals surface area contributed by atoms with Gasteiger partial charge in [0, 0.05) is 23.9 Å². The van der Waals surface area contributed by atoms with Gasteiger partial charge in [-0.1, -0.05) is 41.6 Å². The molecule has 7 heteroatoms. The highest BCUT2D eigenvalue weighted by atomic mass is 16.5. The Labute approximate surface area is 161 Å². The second kappa shape index (κ2) is 7.40. The molecule has 7 nitrogen and oxygen atoms in total. The lowest BCUT2D eigenvalue weighted by Gasteiger charge is -2.09. The molecule has 0 radical (unpaired) electrons. The van der Waals surface area contributed by atoms with E-state index in [0.29, 0.717) is 28.6 Å². The van der Waals surface area contributed by atoms with E-state index in [2.05, 4.69) is 15.1 Å². The fourth-order valence-corrected chi connectivity index (χ4v) is 2.93. The molecule has 0 bridgehead atoms. The van der Waals surface area contributed by atoms with E-state index in [9.17, 15) is 5.11 Å². The molecule has 0 aliphatic heterocycles. The van der Waals surface area contributed by atoms with Crippen molar-refractivity contribution < 1.29 is 19.1 Å². The first kappa shape index (κ1) is 17.5. The van der Waals surface area contributed by atoms with E-state index in [1.807, 2.05) is 42.5 Å². The van der Waals surface area contributed by atoms with Gasteiger partial charge in [-0.25, -0.2) is 0 Å². The second-order valence-corrected chi connectivity index (χ2v) is 5.91. The molecule has 2 heterocycles. The summed E-state index contributed by atoms with van der Waals surface area (Å²) in [5.41, 5.74) is 2.73. The predicted octanol–water partition coefficient (Wildman–Crippen LogP) is 4.19. The maximum absolute atomic E-state index is 10.4. The van der Waals surface area contributed by atoms with Gasteiger partial charge in [-0.2, -0.15) is 4.98 Å². The van der Waals surface area contributed by atoms with E-state index >= 15 is 0 Å². The minimum atomic E-state index is -0.0873. The van der Waals surface area contributed by atoms with Gasteiger partial charge in [-0.05, 0) is 11.6 Å². The standard InChI is InChI=1S/C21H17N3O4/c1-26-14-11-16(25)18(17(12-14)27-2)21-23-20(24-28-21)19-15(9-6-10-22-19)13-7-4-3-5-8-13/h3-12,25H,1-2H3. The van der Waals surface area contributed by atoms with Crippen LogP contribution in [-0.4, -0.2) is 34.5 Å². The zero-order valence-electron chi connectivity index (χ0n) is 15.3. The van der Waals surface area contributed by atoms with Crippen molar-refractivity contribution in [1.29, 1.82) is 0 Å². The molecule has 0 fully saturated rings. The molecule has 0 aliphatic rings. The third-order valence-corrected chi connectivity index (χ3v) is 4.25. The van der Waals surface area contributed by atoms with Crippen molar-refractivity contribution in [2.24, 2.45) is 0 Å². The zero-order valence-corrected chi connectivity index (χ0v) is 15.3. The van der Waals surface area contributed by atoms with Crippen LogP contribution in [0.25, 0.3) is 34.1 Å². The fraction of sp³-hybridized carbons (Fsp3) is 0.0952. The van der Waals surface area contributed by atoms with Crippen LogP contribution in [0.4, 0.5) is 0 Å². The highest BCUT2D eigenvalue weighted by molar-refractivity contribution is 5.79. The quantitative estimate of drug-likeness (QED) is 0.559. The lowest BCUT2D eigenvalue weighted by atomic mass is 10.0. The fourth-order valence-electron chi connectivity index (χ4n) is 2.93. The van der Waals surface area contributed by atoms with Crippen molar-refractivity contribution in [3.63, 3.8) is 0 Å². The van der Waals surface area contributed by atoms with E-state index in [1.54, 1.807) is 12.3 Å². The Hall–Kier alpha value is -3.87. The third-order valence-electron chi connectivity index (χ3n) is 4.25. The first-order valence-electron chi connectivity index (χ1n) is 8.51. The summed E-state index contributed by atoms with van der Waals surface area (Å²) >= 11 is 0. The van der Waals surface area contributed by atoms with Gasteiger partial charge >= 0.3 is 0 Å². The summed E-state index contributed by atoms with van der Waals surface area (Å²) in [6.07, 6.45) is 1.67. The Balaban J connectivity index is 1.81. The van der Waals surface area contributed by atoms with Crippen LogP contribution in [0.1, 0.15) is 0 Å². The number of rotatable bonds is 5. The third kappa shape index (κ3) is 3.14. The number of pyridine rings is 1. The number of methoxy groups -OCH3 is 2. The monoisotopic (exact) mass is 375 g/mol. The smallest absolute Gasteiger partial charge is 0.265 e. The average molecular weight is 375 g/mol. The first-order valence-corrected chi connectivity index (χ1v) is 8.51. The molecule has 4 aromatic rings. The van der Waals surface area contributed by atoms with Crippen molar-refractivity contribution in [2.45, 2.75) is 0 Å². The Kier molecular flexibility index (Phi) is 4.63. The van der Waals surface area contributed by atoms with E-state index in [0.717, 1.165) is 11.1 Å². The number of ether oxygens (including phenoxy) is 2. The summed E-state index contributed by atoms with van der Waals surface area (Å²) in [4.78, 5) is 8.87. The van der Waals surface area contributed by atoms with Gasteiger partial charge < -0.3 is 19.1 Å². The molecule has 0 amide bonds. The minimum absolute atomic E-state index is 0.0873. The van der Waals surface area contributed by atoms with Crippen LogP contribution in [-0.2, 0) is 0 Å². The normalized spacial score (nSPS) is 10.6. The van der Waals surface area contributed by atoms with Crippen molar-refractivity contribution in [1.82, 2.24) is 15.1 Å². The Bertz CT molecular complexity index is 1110. The Morgan fingerprint density at radius 3 is 2.54 bits per heavy atom. The number of phenolic OH excluding ortho intramolecular Hbond substituents is 1. The molecule has 1 N–H and O–H groups in total. The summed E-state index contributed by atoms with van der Waals surface area (Å²) in [7, 11) is 2.99.